The molecule has 114 valence electrons. The quantitative estimate of drug-likeness (QED) is 0.690. The molecule has 2 nitrogen and oxygen atoms in total. The number of terminal acetylenes is 1. The van der Waals surface area contributed by atoms with Crippen LogP contribution in [0.4, 0.5) is 5.69 Å². The Morgan fingerprint density at radius 2 is 2.10 bits per heavy atom. The van der Waals surface area contributed by atoms with E-state index in [1.807, 2.05) is 0 Å². The summed E-state index contributed by atoms with van der Waals surface area (Å²) in [7, 11) is 0. The van der Waals surface area contributed by atoms with Crippen molar-refractivity contribution in [1.29, 1.82) is 0 Å². The fraction of sp³-hybridized carbons (Fsp3) is 0.579. The largest absolute Gasteiger partial charge is 0.360 e. The lowest BCUT2D eigenvalue weighted by molar-refractivity contribution is 0.517. The van der Waals surface area contributed by atoms with Crippen molar-refractivity contribution < 1.29 is 0 Å². The maximum Gasteiger partial charge on any atom is 0.0791 e. The van der Waals surface area contributed by atoms with Crippen LogP contribution < -0.4 is 10.2 Å². The van der Waals surface area contributed by atoms with Gasteiger partial charge in [-0.1, -0.05) is 38.0 Å². The molecule has 0 bridgehead atoms. The zero-order chi connectivity index (χ0) is 15.1. The summed E-state index contributed by atoms with van der Waals surface area (Å²) in [5, 5.41) is 3.66. The van der Waals surface area contributed by atoms with Gasteiger partial charge in [-0.15, -0.1) is 6.42 Å². The average molecular weight is 284 g/mol. The fourth-order valence-corrected chi connectivity index (χ4v) is 2.83. The van der Waals surface area contributed by atoms with E-state index in [0.717, 1.165) is 31.8 Å². The fourth-order valence-electron chi connectivity index (χ4n) is 2.83. The minimum Gasteiger partial charge on any atom is -0.360 e. The van der Waals surface area contributed by atoms with Crippen LogP contribution in [0.3, 0.4) is 0 Å². The third kappa shape index (κ3) is 4.51. The minimum atomic E-state index is 0.417. The molecule has 1 atom stereocenters. The highest BCUT2D eigenvalue weighted by Gasteiger charge is 2.25. The molecular weight excluding hydrogens is 256 g/mol. The van der Waals surface area contributed by atoms with E-state index < -0.39 is 0 Å². The van der Waals surface area contributed by atoms with Crippen LogP contribution in [-0.4, -0.2) is 19.6 Å². The Kier molecular flexibility index (Phi) is 6.14. The Labute approximate surface area is 129 Å². The van der Waals surface area contributed by atoms with Crippen molar-refractivity contribution in [3.05, 3.63) is 29.8 Å². The molecular formula is C19H28N2. The van der Waals surface area contributed by atoms with E-state index in [1.54, 1.807) is 0 Å². The number of para-hydroxylation sites is 1. The highest BCUT2D eigenvalue weighted by Crippen LogP contribution is 2.34. The van der Waals surface area contributed by atoms with Gasteiger partial charge in [-0.2, -0.15) is 0 Å². The Morgan fingerprint density at radius 1 is 1.33 bits per heavy atom. The van der Waals surface area contributed by atoms with E-state index in [0.29, 0.717) is 12.6 Å². The first-order valence-corrected chi connectivity index (χ1v) is 8.30. The van der Waals surface area contributed by atoms with E-state index in [9.17, 15) is 0 Å². The third-order valence-electron chi connectivity index (χ3n) is 4.16. The van der Waals surface area contributed by atoms with Crippen LogP contribution in [0, 0.1) is 18.3 Å². The zero-order valence-corrected chi connectivity index (χ0v) is 13.4. The standard InChI is InChI=1S/C19H28N2/c1-4-13-20-18(6-3)17-9-7-8-10-19(17)21(14-5-2)15-16-11-12-16/h2,7-10,16,18,20H,4,6,11-15H2,1,3H3. The molecule has 1 aromatic carbocycles. The number of hydrogen-bond donors (Lipinski definition) is 1. The van der Waals surface area contributed by atoms with Crippen LogP contribution in [0.2, 0.25) is 0 Å². The van der Waals surface area contributed by atoms with Gasteiger partial charge in [-0.05, 0) is 49.8 Å². The number of hydrogen-bond acceptors (Lipinski definition) is 2. The predicted molar refractivity (Wildman–Crippen MR) is 91.5 cm³/mol. The molecule has 0 heterocycles. The average Bonchev–Trinajstić information content (AvgIpc) is 3.32. The summed E-state index contributed by atoms with van der Waals surface area (Å²) < 4.78 is 0. The van der Waals surface area contributed by atoms with E-state index in [4.69, 9.17) is 6.42 Å². The van der Waals surface area contributed by atoms with Gasteiger partial charge >= 0.3 is 0 Å². The molecule has 0 spiro atoms. The van der Waals surface area contributed by atoms with Gasteiger partial charge in [-0.3, -0.25) is 0 Å². The smallest absolute Gasteiger partial charge is 0.0791 e. The van der Waals surface area contributed by atoms with Crippen LogP contribution in [-0.2, 0) is 0 Å². The number of nitrogens with one attached hydrogen (secondary N) is 1. The Hall–Kier alpha value is -1.46. The van der Waals surface area contributed by atoms with E-state index in [-0.39, 0.29) is 0 Å². The number of rotatable bonds is 9. The molecule has 0 saturated heterocycles. The van der Waals surface area contributed by atoms with Gasteiger partial charge in [0.05, 0.1) is 6.54 Å². The Balaban J connectivity index is 2.21. The molecule has 0 radical (unpaired) electrons. The summed E-state index contributed by atoms with van der Waals surface area (Å²) in [6.45, 7) is 7.33. The van der Waals surface area contributed by atoms with Crippen LogP contribution >= 0.6 is 0 Å². The maximum atomic E-state index is 5.59. The molecule has 1 N–H and O–H groups in total. The van der Waals surface area contributed by atoms with Crippen molar-refractivity contribution in [2.24, 2.45) is 5.92 Å². The molecule has 1 aliphatic carbocycles. The summed E-state index contributed by atoms with van der Waals surface area (Å²) >= 11 is 0. The monoisotopic (exact) mass is 284 g/mol. The summed E-state index contributed by atoms with van der Waals surface area (Å²) in [6, 6.07) is 9.16. The van der Waals surface area contributed by atoms with Crippen molar-refractivity contribution >= 4 is 5.69 Å². The molecule has 0 aliphatic heterocycles. The molecule has 1 saturated carbocycles. The van der Waals surface area contributed by atoms with Crippen molar-refractivity contribution in [2.45, 2.75) is 45.6 Å². The van der Waals surface area contributed by atoms with E-state index >= 15 is 0 Å². The lowest BCUT2D eigenvalue weighted by Gasteiger charge is -2.28. The first kappa shape index (κ1) is 15.9. The molecule has 21 heavy (non-hydrogen) atoms. The second-order valence-corrected chi connectivity index (χ2v) is 6.00. The Morgan fingerprint density at radius 3 is 2.71 bits per heavy atom. The van der Waals surface area contributed by atoms with E-state index in [2.05, 4.69) is 54.3 Å². The Bertz CT molecular complexity index is 471. The molecule has 1 aromatic rings. The summed E-state index contributed by atoms with van der Waals surface area (Å²) in [6.07, 6.45) is 10.6. The molecule has 0 amide bonds. The van der Waals surface area contributed by atoms with Gasteiger partial charge in [0.1, 0.15) is 0 Å². The SMILES string of the molecule is C#CCN(CC1CC1)c1ccccc1C(CC)NCCC. The second kappa shape index (κ2) is 8.10. The second-order valence-electron chi connectivity index (χ2n) is 6.00. The maximum absolute atomic E-state index is 5.59. The van der Waals surface area contributed by atoms with Crippen molar-refractivity contribution in [1.82, 2.24) is 5.32 Å². The first-order chi connectivity index (χ1) is 10.3. The molecule has 1 unspecified atom stereocenters. The summed E-state index contributed by atoms with van der Waals surface area (Å²) in [5.74, 6) is 3.67. The van der Waals surface area contributed by atoms with E-state index in [1.165, 1.54) is 24.1 Å². The highest BCUT2D eigenvalue weighted by atomic mass is 15.1. The van der Waals surface area contributed by atoms with Crippen LogP contribution in [0.15, 0.2) is 24.3 Å². The van der Waals surface area contributed by atoms with Gasteiger partial charge in [-0.25, -0.2) is 0 Å². The minimum absolute atomic E-state index is 0.417. The highest BCUT2D eigenvalue weighted by molar-refractivity contribution is 5.56. The van der Waals surface area contributed by atoms with Gasteiger partial charge in [0.15, 0.2) is 0 Å². The van der Waals surface area contributed by atoms with Crippen LogP contribution in [0.5, 0.6) is 0 Å². The topological polar surface area (TPSA) is 15.3 Å². The van der Waals surface area contributed by atoms with Gasteiger partial charge in [0, 0.05) is 18.3 Å². The summed E-state index contributed by atoms with van der Waals surface area (Å²) in [5.41, 5.74) is 2.71. The number of benzene rings is 1. The molecule has 1 aliphatic rings. The lowest BCUT2D eigenvalue weighted by atomic mass is 10.0. The predicted octanol–water partition coefficient (Wildman–Crippen LogP) is 3.99. The first-order valence-electron chi connectivity index (χ1n) is 8.30. The lowest BCUT2D eigenvalue weighted by Crippen LogP contribution is -2.29. The van der Waals surface area contributed by atoms with Crippen molar-refractivity contribution in [2.75, 3.05) is 24.5 Å². The van der Waals surface area contributed by atoms with Crippen LogP contribution in [0.25, 0.3) is 0 Å². The summed E-state index contributed by atoms with van der Waals surface area (Å²) in [4.78, 5) is 2.39. The van der Waals surface area contributed by atoms with Crippen LogP contribution in [0.1, 0.15) is 51.1 Å². The van der Waals surface area contributed by atoms with Crippen molar-refractivity contribution in [3.63, 3.8) is 0 Å². The van der Waals surface area contributed by atoms with Gasteiger partial charge in [0.2, 0.25) is 0 Å². The molecule has 2 heteroatoms. The molecule has 1 fully saturated rings. The normalized spacial score (nSPS) is 15.5. The zero-order valence-electron chi connectivity index (χ0n) is 13.4. The van der Waals surface area contributed by atoms with Crippen molar-refractivity contribution in [3.8, 4) is 12.3 Å². The number of nitrogens with zero attached hydrogens (tertiary/aromatic N) is 1. The van der Waals surface area contributed by atoms with Gasteiger partial charge < -0.3 is 10.2 Å². The van der Waals surface area contributed by atoms with Gasteiger partial charge in [0.25, 0.3) is 0 Å². The number of anilines is 1. The third-order valence-corrected chi connectivity index (χ3v) is 4.16. The molecule has 2 rings (SSSR count). The molecule has 0 aromatic heterocycles.